The van der Waals surface area contributed by atoms with Crippen molar-refractivity contribution >= 4 is 17.4 Å². The van der Waals surface area contributed by atoms with E-state index < -0.39 is 0 Å². The summed E-state index contributed by atoms with van der Waals surface area (Å²) in [6.45, 7) is 2.12. The molecule has 5 rings (SSSR count). The van der Waals surface area contributed by atoms with Crippen LogP contribution in [0.25, 0.3) is 5.69 Å². The van der Waals surface area contributed by atoms with Crippen LogP contribution in [0.2, 0.25) is 0 Å². The third-order valence-electron chi connectivity index (χ3n) is 6.37. The third kappa shape index (κ3) is 3.92. The summed E-state index contributed by atoms with van der Waals surface area (Å²) in [5.41, 5.74) is 6.14. The minimum absolute atomic E-state index is 0.283. The van der Waals surface area contributed by atoms with Gasteiger partial charge < -0.3 is 19.7 Å². The van der Waals surface area contributed by atoms with Gasteiger partial charge in [-0.2, -0.15) is 0 Å². The Kier molecular flexibility index (Phi) is 5.57. The van der Waals surface area contributed by atoms with E-state index in [1.807, 2.05) is 54.4 Å². The molecular formula is C28H27FN4O. The second-order valence-electron chi connectivity index (χ2n) is 8.84. The van der Waals surface area contributed by atoms with Crippen LogP contribution < -0.4 is 10.2 Å². The van der Waals surface area contributed by atoms with Crippen LogP contribution in [0.1, 0.15) is 28.4 Å². The molecule has 0 bridgehead atoms. The first-order valence-corrected chi connectivity index (χ1v) is 11.3. The number of hydrogen-bond acceptors (Lipinski definition) is 2. The Morgan fingerprint density at radius 2 is 1.76 bits per heavy atom. The molecule has 1 aliphatic heterocycles. The Bertz CT molecular complexity index is 1340. The Balaban J connectivity index is 1.60. The fourth-order valence-corrected chi connectivity index (χ4v) is 4.51. The molecule has 5 nitrogen and oxygen atoms in total. The summed E-state index contributed by atoms with van der Waals surface area (Å²) in [6.07, 6.45) is 2.03. The smallest absolute Gasteiger partial charge is 0.322 e. The molecule has 172 valence electrons. The summed E-state index contributed by atoms with van der Waals surface area (Å²) in [6, 6.07) is 24.6. The number of hydrogen-bond donors (Lipinski definition) is 1. The van der Waals surface area contributed by atoms with Gasteiger partial charge in [-0.15, -0.1) is 0 Å². The highest BCUT2D eigenvalue weighted by atomic mass is 19.1. The molecule has 1 atom stereocenters. The van der Waals surface area contributed by atoms with E-state index in [1.165, 1.54) is 6.07 Å². The fraction of sp³-hybridized carbons (Fsp3) is 0.179. The third-order valence-corrected chi connectivity index (χ3v) is 6.37. The number of carbonyl (C=O) groups is 1. The second-order valence-corrected chi connectivity index (χ2v) is 8.84. The SMILES string of the molecule is Cc1ccc(NC(=O)N2Cc3ccccc3-n3cccc3[C@H]2c2ccc(N(C)C)cc2)cc1F. The van der Waals surface area contributed by atoms with Crippen LogP contribution in [0.4, 0.5) is 20.6 Å². The van der Waals surface area contributed by atoms with E-state index in [-0.39, 0.29) is 17.9 Å². The maximum atomic E-state index is 14.2. The van der Waals surface area contributed by atoms with E-state index in [4.69, 9.17) is 0 Å². The number of fused-ring (bicyclic) bond motifs is 3. The molecule has 1 N–H and O–H groups in total. The topological polar surface area (TPSA) is 40.5 Å². The van der Waals surface area contributed by atoms with Gasteiger partial charge in [0.05, 0.1) is 18.3 Å². The predicted octanol–water partition coefficient (Wildman–Crippen LogP) is 6.13. The van der Waals surface area contributed by atoms with Gasteiger partial charge in [0.2, 0.25) is 0 Å². The molecule has 2 amide bonds. The van der Waals surface area contributed by atoms with E-state index in [2.05, 4.69) is 46.3 Å². The number of aryl methyl sites for hydroxylation is 1. The number of amides is 2. The lowest BCUT2D eigenvalue weighted by molar-refractivity contribution is 0.194. The first kappa shape index (κ1) is 21.8. The molecule has 34 heavy (non-hydrogen) atoms. The van der Waals surface area contributed by atoms with E-state index in [0.29, 0.717) is 17.8 Å². The number of urea groups is 1. The van der Waals surface area contributed by atoms with E-state index in [9.17, 15) is 9.18 Å². The molecule has 2 heterocycles. The highest BCUT2D eigenvalue weighted by Gasteiger charge is 2.33. The quantitative estimate of drug-likeness (QED) is 0.405. The summed E-state index contributed by atoms with van der Waals surface area (Å²) in [5, 5.41) is 2.92. The van der Waals surface area contributed by atoms with Gasteiger partial charge >= 0.3 is 6.03 Å². The number of nitrogens with one attached hydrogen (secondary N) is 1. The molecule has 4 aromatic rings. The van der Waals surface area contributed by atoms with Crippen molar-refractivity contribution in [1.82, 2.24) is 9.47 Å². The molecule has 0 unspecified atom stereocenters. The van der Waals surface area contributed by atoms with Crippen LogP contribution in [0.5, 0.6) is 0 Å². The van der Waals surface area contributed by atoms with Gasteiger partial charge in [0.15, 0.2) is 0 Å². The monoisotopic (exact) mass is 454 g/mol. The highest BCUT2D eigenvalue weighted by Crippen LogP contribution is 2.37. The maximum Gasteiger partial charge on any atom is 0.322 e. The number of para-hydroxylation sites is 1. The Hall–Kier alpha value is -4.06. The van der Waals surface area contributed by atoms with Crippen LogP contribution >= 0.6 is 0 Å². The predicted molar refractivity (Wildman–Crippen MR) is 134 cm³/mol. The lowest BCUT2D eigenvalue weighted by Gasteiger charge is -2.31. The summed E-state index contributed by atoms with van der Waals surface area (Å²) in [4.78, 5) is 17.6. The summed E-state index contributed by atoms with van der Waals surface area (Å²) < 4.78 is 16.3. The van der Waals surface area contributed by atoms with Gasteiger partial charge in [0.1, 0.15) is 5.82 Å². The van der Waals surface area contributed by atoms with E-state index in [0.717, 1.165) is 28.2 Å². The Morgan fingerprint density at radius 3 is 2.50 bits per heavy atom. The number of halogens is 1. The summed E-state index contributed by atoms with van der Waals surface area (Å²) in [5.74, 6) is -0.344. The molecule has 0 aliphatic carbocycles. The summed E-state index contributed by atoms with van der Waals surface area (Å²) >= 11 is 0. The largest absolute Gasteiger partial charge is 0.378 e. The standard InChI is InChI=1S/C28H27FN4O/c1-19-10-13-22(17-24(19)29)30-28(34)33-18-21-7-4-5-8-25(21)32-16-6-9-26(32)27(33)20-11-14-23(15-12-20)31(2)3/h4-17,27H,18H2,1-3H3,(H,30,34)/t27-/m1/s1. The number of benzene rings is 3. The Labute approximate surface area is 199 Å². The molecule has 0 radical (unpaired) electrons. The van der Waals surface area contributed by atoms with Gasteiger partial charge in [0, 0.05) is 37.4 Å². The minimum atomic E-state index is -0.344. The first-order valence-electron chi connectivity index (χ1n) is 11.3. The zero-order chi connectivity index (χ0) is 23.8. The second kappa shape index (κ2) is 8.71. The molecule has 0 fully saturated rings. The number of rotatable bonds is 3. The molecule has 3 aromatic carbocycles. The zero-order valence-corrected chi connectivity index (χ0v) is 19.5. The van der Waals surface area contributed by atoms with Gasteiger partial charge in [0.25, 0.3) is 0 Å². The lowest BCUT2D eigenvalue weighted by Crippen LogP contribution is -2.38. The van der Waals surface area contributed by atoms with Crippen LogP contribution in [-0.4, -0.2) is 29.6 Å². The number of carbonyl (C=O) groups excluding carboxylic acids is 1. The van der Waals surface area contributed by atoms with Crippen molar-refractivity contribution in [2.45, 2.75) is 19.5 Å². The minimum Gasteiger partial charge on any atom is -0.378 e. The maximum absolute atomic E-state index is 14.2. The average Bonchev–Trinajstić information content (AvgIpc) is 3.26. The lowest BCUT2D eigenvalue weighted by atomic mass is 10.0. The van der Waals surface area contributed by atoms with Crippen LogP contribution in [0.15, 0.2) is 85.1 Å². The van der Waals surface area contributed by atoms with Crippen LogP contribution in [0.3, 0.4) is 0 Å². The van der Waals surface area contributed by atoms with Gasteiger partial charge in [-0.05, 0) is 66.1 Å². The Morgan fingerprint density at radius 1 is 1.00 bits per heavy atom. The van der Waals surface area contributed by atoms with Crippen molar-refractivity contribution in [3.8, 4) is 5.69 Å². The van der Waals surface area contributed by atoms with Gasteiger partial charge in [-0.3, -0.25) is 0 Å². The number of nitrogens with zero attached hydrogens (tertiary/aromatic N) is 3. The van der Waals surface area contributed by atoms with Crippen molar-refractivity contribution in [3.63, 3.8) is 0 Å². The first-order chi connectivity index (χ1) is 16.4. The van der Waals surface area contributed by atoms with Gasteiger partial charge in [-0.25, -0.2) is 9.18 Å². The molecular weight excluding hydrogens is 427 g/mol. The molecule has 6 heteroatoms. The van der Waals surface area contributed by atoms with E-state index >= 15 is 0 Å². The normalized spacial score (nSPS) is 14.7. The zero-order valence-electron chi connectivity index (χ0n) is 19.5. The number of anilines is 2. The molecule has 0 saturated heterocycles. The number of aromatic nitrogens is 1. The van der Waals surface area contributed by atoms with Crippen LogP contribution in [0, 0.1) is 12.7 Å². The van der Waals surface area contributed by atoms with Crippen molar-refractivity contribution in [2.75, 3.05) is 24.3 Å². The average molecular weight is 455 g/mol. The fourth-order valence-electron chi connectivity index (χ4n) is 4.51. The van der Waals surface area contributed by atoms with Crippen molar-refractivity contribution in [2.24, 2.45) is 0 Å². The van der Waals surface area contributed by atoms with Crippen molar-refractivity contribution in [3.05, 3.63) is 113 Å². The molecule has 1 aromatic heterocycles. The van der Waals surface area contributed by atoms with Crippen molar-refractivity contribution < 1.29 is 9.18 Å². The molecule has 1 aliphatic rings. The van der Waals surface area contributed by atoms with Crippen molar-refractivity contribution in [1.29, 1.82) is 0 Å². The highest BCUT2D eigenvalue weighted by molar-refractivity contribution is 5.90. The van der Waals surface area contributed by atoms with Crippen LogP contribution in [-0.2, 0) is 6.54 Å². The van der Waals surface area contributed by atoms with Gasteiger partial charge in [-0.1, -0.05) is 36.4 Å². The summed E-state index contributed by atoms with van der Waals surface area (Å²) in [7, 11) is 4.01. The molecule has 0 saturated carbocycles. The van der Waals surface area contributed by atoms with E-state index in [1.54, 1.807) is 19.1 Å². The molecule has 0 spiro atoms.